The van der Waals surface area contributed by atoms with Crippen molar-refractivity contribution in [3.05, 3.63) is 29.3 Å². The van der Waals surface area contributed by atoms with Gasteiger partial charge in [0.1, 0.15) is 5.75 Å². The van der Waals surface area contributed by atoms with Gasteiger partial charge in [0, 0.05) is 23.6 Å². The van der Waals surface area contributed by atoms with E-state index in [-0.39, 0.29) is 5.41 Å². The first-order valence-electron chi connectivity index (χ1n) is 7.46. The molecule has 1 aliphatic carbocycles. The maximum Gasteiger partial charge on any atom is 0.122 e. The van der Waals surface area contributed by atoms with Crippen LogP contribution in [0, 0.1) is 6.92 Å². The summed E-state index contributed by atoms with van der Waals surface area (Å²) >= 11 is 0. The van der Waals surface area contributed by atoms with Crippen LogP contribution in [0.25, 0.3) is 0 Å². The van der Waals surface area contributed by atoms with E-state index < -0.39 is 0 Å². The molecule has 2 rings (SSSR count). The zero-order valence-corrected chi connectivity index (χ0v) is 12.8. The molecule has 0 atom stereocenters. The largest absolute Gasteiger partial charge is 0.496 e. The van der Waals surface area contributed by atoms with Gasteiger partial charge in [-0.1, -0.05) is 44.4 Å². The van der Waals surface area contributed by atoms with Crippen molar-refractivity contribution >= 4 is 0 Å². The number of methoxy groups -OCH3 is 1. The fourth-order valence-electron chi connectivity index (χ4n) is 3.23. The molecule has 0 saturated heterocycles. The molecular weight excluding hydrogens is 234 g/mol. The number of aryl methyl sites for hydroxylation is 1. The van der Waals surface area contributed by atoms with Crippen molar-refractivity contribution in [3.8, 4) is 5.75 Å². The predicted molar refractivity (Wildman–Crippen MR) is 81.0 cm³/mol. The molecule has 2 nitrogen and oxygen atoms in total. The molecule has 0 spiro atoms. The van der Waals surface area contributed by atoms with Gasteiger partial charge in [0.05, 0.1) is 7.11 Å². The summed E-state index contributed by atoms with van der Waals surface area (Å²) < 4.78 is 5.62. The Hall–Kier alpha value is -1.02. The normalized spacial score (nSPS) is 17.9. The molecule has 1 N–H and O–H groups in total. The molecule has 19 heavy (non-hydrogen) atoms. The third-order valence-electron chi connectivity index (χ3n) is 4.34. The van der Waals surface area contributed by atoms with Crippen LogP contribution in [0.2, 0.25) is 0 Å². The molecule has 1 saturated carbocycles. The van der Waals surface area contributed by atoms with Gasteiger partial charge < -0.3 is 10.1 Å². The van der Waals surface area contributed by atoms with Crippen LogP contribution in [0.4, 0.5) is 0 Å². The Morgan fingerprint density at radius 2 is 1.95 bits per heavy atom. The first-order chi connectivity index (χ1) is 9.07. The van der Waals surface area contributed by atoms with Crippen LogP contribution in [0.15, 0.2) is 18.2 Å². The fourth-order valence-corrected chi connectivity index (χ4v) is 3.23. The van der Waals surface area contributed by atoms with Gasteiger partial charge in [-0.2, -0.15) is 0 Å². The van der Waals surface area contributed by atoms with E-state index in [1.807, 2.05) is 0 Å². The first-order valence-corrected chi connectivity index (χ1v) is 7.46. The number of ether oxygens (including phenoxy) is 1. The average molecular weight is 261 g/mol. The topological polar surface area (TPSA) is 21.3 Å². The van der Waals surface area contributed by atoms with E-state index in [9.17, 15) is 0 Å². The smallest absolute Gasteiger partial charge is 0.122 e. The molecule has 1 aromatic carbocycles. The summed E-state index contributed by atoms with van der Waals surface area (Å²) in [5, 5.41) is 3.64. The summed E-state index contributed by atoms with van der Waals surface area (Å²) in [5.74, 6) is 1.05. The van der Waals surface area contributed by atoms with Gasteiger partial charge in [-0.15, -0.1) is 0 Å². The Morgan fingerprint density at radius 1 is 1.26 bits per heavy atom. The number of nitrogens with one attached hydrogen (secondary N) is 1. The summed E-state index contributed by atoms with van der Waals surface area (Å²) in [5.41, 5.74) is 2.99. The highest BCUT2D eigenvalue weighted by atomic mass is 16.5. The van der Waals surface area contributed by atoms with Crippen LogP contribution in [-0.4, -0.2) is 19.7 Å². The van der Waals surface area contributed by atoms with Crippen LogP contribution in [-0.2, 0) is 5.41 Å². The van der Waals surface area contributed by atoms with Gasteiger partial charge in [0.25, 0.3) is 0 Å². The lowest BCUT2D eigenvalue weighted by Crippen LogP contribution is -2.39. The van der Waals surface area contributed by atoms with Gasteiger partial charge in [0.15, 0.2) is 0 Å². The molecule has 0 unspecified atom stereocenters. The molecule has 0 amide bonds. The fraction of sp³-hybridized carbons (Fsp3) is 0.647. The van der Waals surface area contributed by atoms with Crippen molar-refractivity contribution in [1.29, 1.82) is 0 Å². The minimum atomic E-state index is 0.266. The highest BCUT2D eigenvalue weighted by molar-refractivity contribution is 5.43. The standard InChI is InChI=1S/C17H27NO/c1-13(2)18-12-17(9-5-6-10-17)15-11-14(3)7-8-16(15)19-4/h7-8,11,13,18H,5-6,9-10,12H2,1-4H3. The number of rotatable bonds is 5. The van der Waals surface area contributed by atoms with Crippen molar-refractivity contribution < 1.29 is 4.74 Å². The van der Waals surface area contributed by atoms with Gasteiger partial charge in [-0.05, 0) is 25.8 Å². The predicted octanol–water partition coefficient (Wildman–Crippen LogP) is 3.81. The minimum Gasteiger partial charge on any atom is -0.496 e. The van der Waals surface area contributed by atoms with Crippen molar-refractivity contribution in [2.24, 2.45) is 0 Å². The van der Waals surface area contributed by atoms with E-state index in [0.29, 0.717) is 6.04 Å². The van der Waals surface area contributed by atoms with Crippen molar-refractivity contribution in [1.82, 2.24) is 5.32 Å². The molecule has 0 aliphatic heterocycles. The lowest BCUT2D eigenvalue weighted by Gasteiger charge is -2.32. The van der Waals surface area contributed by atoms with E-state index in [4.69, 9.17) is 4.74 Å². The summed E-state index contributed by atoms with van der Waals surface area (Å²) in [6.07, 6.45) is 5.20. The Bertz CT molecular complexity index is 419. The lowest BCUT2D eigenvalue weighted by molar-refractivity contribution is 0.353. The number of hydrogen-bond acceptors (Lipinski definition) is 2. The first kappa shape index (κ1) is 14.4. The number of hydrogen-bond donors (Lipinski definition) is 1. The molecule has 2 heteroatoms. The van der Waals surface area contributed by atoms with E-state index in [0.717, 1.165) is 12.3 Å². The summed E-state index contributed by atoms with van der Waals surface area (Å²) in [6, 6.07) is 7.13. The van der Waals surface area contributed by atoms with E-state index in [1.165, 1.54) is 36.8 Å². The summed E-state index contributed by atoms with van der Waals surface area (Å²) in [6.45, 7) is 7.66. The van der Waals surface area contributed by atoms with Gasteiger partial charge in [-0.3, -0.25) is 0 Å². The van der Waals surface area contributed by atoms with Crippen LogP contribution in [0.1, 0.15) is 50.7 Å². The molecule has 0 radical (unpaired) electrons. The zero-order chi connectivity index (χ0) is 13.9. The summed E-state index contributed by atoms with van der Waals surface area (Å²) in [4.78, 5) is 0. The van der Waals surface area contributed by atoms with Gasteiger partial charge in [0.2, 0.25) is 0 Å². The van der Waals surface area contributed by atoms with Crippen molar-refractivity contribution in [2.45, 2.75) is 57.9 Å². The second-order valence-electron chi connectivity index (χ2n) is 6.23. The second-order valence-corrected chi connectivity index (χ2v) is 6.23. The number of benzene rings is 1. The highest BCUT2D eigenvalue weighted by Crippen LogP contribution is 2.44. The molecule has 0 bridgehead atoms. The van der Waals surface area contributed by atoms with Gasteiger partial charge in [-0.25, -0.2) is 0 Å². The maximum absolute atomic E-state index is 5.62. The quantitative estimate of drug-likeness (QED) is 0.870. The molecule has 106 valence electrons. The molecular formula is C17H27NO. The molecule has 0 heterocycles. The second kappa shape index (κ2) is 5.96. The summed E-state index contributed by atoms with van der Waals surface area (Å²) in [7, 11) is 1.78. The highest BCUT2D eigenvalue weighted by Gasteiger charge is 2.37. The minimum absolute atomic E-state index is 0.266. The van der Waals surface area contributed by atoms with Crippen LogP contribution >= 0.6 is 0 Å². The maximum atomic E-state index is 5.62. The third kappa shape index (κ3) is 3.11. The SMILES string of the molecule is COc1ccc(C)cc1C1(CNC(C)C)CCCC1. The molecule has 1 aromatic rings. The molecule has 1 aliphatic rings. The third-order valence-corrected chi connectivity index (χ3v) is 4.34. The monoisotopic (exact) mass is 261 g/mol. The molecule has 1 fully saturated rings. The molecule has 0 aromatic heterocycles. The Morgan fingerprint density at radius 3 is 2.53 bits per heavy atom. The average Bonchev–Trinajstić information content (AvgIpc) is 2.86. The van der Waals surface area contributed by atoms with E-state index in [1.54, 1.807) is 7.11 Å². The zero-order valence-electron chi connectivity index (χ0n) is 12.8. The van der Waals surface area contributed by atoms with E-state index >= 15 is 0 Å². The Kier molecular flexibility index (Phi) is 4.51. The van der Waals surface area contributed by atoms with Crippen LogP contribution in [0.5, 0.6) is 5.75 Å². The van der Waals surface area contributed by atoms with Crippen molar-refractivity contribution in [2.75, 3.05) is 13.7 Å². The van der Waals surface area contributed by atoms with Crippen molar-refractivity contribution in [3.63, 3.8) is 0 Å². The van der Waals surface area contributed by atoms with Crippen LogP contribution < -0.4 is 10.1 Å². The van der Waals surface area contributed by atoms with E-state index in [2.05, 4.69) is 44.3 Å². The Labute approximate surface area is 117 Å². The lowest BCUT2D eigenvalue weighted by atomic mass is 9.77. The van der Waals surface area contributed by atoms with Gasteiger partial charge >= 0.3 is 0 Å². The van der Waals surface area contributed by atoms with Crippen LogP contribution in [0.3, 0.4) is 0 Å². The Balaban J connectivity index is 2.35.